The molecule has 2 aliphatic rings. The molecule has 4 heteroatoms. The van der Waals surface area contributed by atoms with Gasteiger partial charge in [-0.2, -0.15) is 0 Å². The van der Waals surface area contributed by atoms with Crippen LogP contribution in [0.5, 0.6) is 0 Å². The Balaban J connectivity index is 1.71. The van der Waals surface area contributed by atoms with Gasteiger partial charge in [-0.15, -0.1) is 0 Å². The van der Waals surface area contributed by atoms with Crippen molar-refractivity contribution in [3.05, 3.63) is 46.5 Å². The van der Waals surface area contributed by atoms with E-state index in [1.54, 1.807) is 0 Å². The van der Waals surface area contributed by atoms with Crippen LogP contribution < -0.4 is 0 Å². The third-order valence-electron chi connectivity index (χ3n) is 5.13. The first-order valence-electron chi connectivity index (χ1n) is 8.33. The van der Waals surface area contributed by atoms with E-state index in [9.17, 15) is 4.79 Å². The average Bonchev–Trinajstić information content (AvgIpc) is 2.87. The summed E-state index contributed by atoms with van der Waals surface area (Å²) in [6.45, 7) is 9.24. The van der Waals surface area contributed by atoms with Crippen molar-refractivity contribution in [1.29, 1.82) is 0 Å². The molecule has 1 aromatic carbocycles. The van der Waals surface area contributed by atoms with Gasteiger partial charge in [0.1, 0.15) is 6.10 Å². The Kier molecular flexibility index (Phi) is 4.81. The Morgan fingerprint density at radius 1 is 1.39 bits per heavy atom. The fraction of sp³-hybridized carbons (Fsp3) is 0.526. The molecule has 0 aromatic heterocycles. The normalized spacial score (nSPS) is 29.5. The molecule has 1 saturated carbocycles. The second-order valence-electron chi connectivity index (χ2n) is 7.08. The smallest absolute Gasteiger partial charge is 0.410 e. The summed E-state index contributed by atoms with van der Waals surface area (Å²) in [6, 6.07) is 8.19. The van der Waals surface area contributed by atoms with E-state index in [0.29, 0.717) is 18.4 Å². The van der Waals surface area contributed by atoms with Gasteiger partial charge in [-0.1, -0.05) is 47.1 Å². The summed E-state index contributed by atoms with van der Waals surface area (Å²) in [7, 11) is 0. The van der Waals surface area contributed by atoms with Gasteiger partial charge in [0.25, 0.3) is 0 Å². The van der Waals surface area contributed by atoms with E-state index < -0.39 is 0 Å². The number of nitrogens with zero attached hydrogens (tertiary/aromatic N) is 1. The van der Waals surface area contributed by atoms with Crippen molar-refractivity contribution in [2.75, 3.05) is 6.54 Å². The second kappa shape index (κ2) is 6.68. The van der Waals surface area contributed by atoms with E-state index in [2.05, 4.69) is 36.4 Å². The lowest BCUT2D eigenvalue weighted by Crippen LogP contribution is -2.41. The summed E-state index contributed by atoms with van der Waals surface area (Å²) in [5.74, 6) is 1.14. The molecule has 23 heavy (non-hydrogen) atoms. The van der Waals surface area contributed by atoms with E-state index in [4.69, 9.17) is 4.74 Å². The zero-order valence-corrected chi connectivity index (χ0v) is 15.4. The zero-order chi connectivity index (χ0) is 16.6. The van der Waals surface area contributed by atoms with Gasteiger partial charge >= 0.3 is 6.09 Å². The molecule has 0 spiro atoms. The molecule has 1 aliphatic heterocycles. The van der Waals surface area contributed by atoms with Crippen molar-refractivity contribution in [2.45, 2.75) is 45.3 Å². The molecule has 2 fully saturated rings. The fourth-order valence-electron chi connectivity index (χ4n) is 3.95. The molecular weight excluding hydrogens is 354 g/mol. The number of halogens is 1. The second-order valence-corrected chi connectivity index (χ2v) is 8.00. The van der Waals surface area contributed by atoms with Gasteiger partial charge in [0.15, 0.2) is 0 Å². The molecule has 4 atom stereocenters. The summed E-state index contributed by atoms with van der Waals surface area (Å²) in [5, 5.41) is 0. The first-order valence-corrected chi connectivity index (χ1v) is 9.12. The molecule has 1 aromatic rings. The molecule has 1 amide bonds. The minimum atomic E-state index is -0.189. The van der Waals surface area contributed by atoms with Crippen molar-refractivity contribution in [3.8, 4) is 0 Å². The predicted octanol–water partition coefficient (Wildman–Crippen LogP) is 5.32. The van der Waals surface area contributed by atoms with Crippen LogP contribution in [-0.2, 0) is 4.74 Å². The number of hydrogen-bond acceptors (Lipinski definition) is 2. The first kappa shape index (κ1) is 16.6. The number of hydrogen-bond donors (Lipinski definition) is 0. The first-order chi connectivity index (χ1) is 10.9. The van der Waals surface area contributed by atoms with E-state index in [-0.39, 0.29) is 18.2 Å². The monoisotopic (exact) mass is 377 g/mol. The topological polar surface area (TPSA) is 29.5 Å². The Bertz CT molecular complexity index is 615. The van der Waals surface area contributed by atoms with Crippen LogP contribution in [0.3, 0.4) is 0 Å². The molecule has 4 unspecified atom stereocenters. The molecular formula is C19H24BrNO2. The van der Waals surface area contributed by atoms with E-state index in [1.165, 1.54) is 5.57 Å². The van der Waals surface area contributed by atoms with Crippen LogP contribution in [-0.4, -0.2) is 23.6 Å². The molecule has 0 N–H and O–H groups in total. The molecule has 0 bridgehead atoms. The summed E-state index contributed by atoms with van der Waals surface area (Å²) < 4.78 is 6.63. The van der Waals surface area contributed by atoms with Gasteiger partial charge in [-0.3, -0.25) is 0 Å². The number of ether oxygens (including phenoxy) is 1. The van der Waals surface area contributed by atoms with Gasteiger partial charge in [0.05, 0.1) is 6.54 Å². The predicted molar refractivity (Wildman–Crippen MR) is 95.2 cm³/mol. The maximum Gasteiger partial charge on any atom is 0.410 e. The largest absolute Gasteiger partial charge is 0.439 e. The molecule has 3 rings (SSSR count). The Morgan fingerprint density at radius 3 is 2.87 bits per heavy atom. The molecule has 124 valence electrons. The van der Waals surface area contributed by atoms with Gasteiger partial charge in [0.2, 0.25) is 0 Å². The highest BCUT2D eigenvalue weighted by molar-refractivity contribution is 9.10. The van der Waals surface area contributed by atoms with Crippen LogP contribution in [0, 0.1) is 11.8 Å². The van der Waals surface area contributed by atoms with Gasteiger partial charge in [0, 0.05) is 10.5 Å². The lowest BCUT2D eigenvalue weighted by atomic mass is 9.76. The molecule has 1 aliphatic carbocycles. The fourth-order valence-corrected chi connectivity index (χ4v) is 4.36. The number of amides is 1. The van der Waals surface area contributed by atoms with Crippen LogP contribution >= 0.6 is 15.9 Å². The Morgan fingerprint density at radius 2 is 2.17 bits per heavy atom. The average molecular weight is 378 g/mol. The van der Waals surface area contributed by atoms with Crippen molar-refractivity contribution >= 4 is 22.0 Å². The number of cyclic esters (lactones) is 1. The van der Waals surface area contributed by atoms with Crippen LogP contribution in [0.4, 0.5) is 4.79 Å². The molecule has 0 radical (unpaired) electrons. The number of carbonyl (C=O) groups is 1. The quantitative estimate of drug-likeness (QED) is 0.666. The van der Waals surface area contributed by atoms with E-state index in [0.717, 1.165) is 29.3 Å². The number of rotatable bonds is 3. The van der Waals surface area contributed by atoms with Crippen LogP contribution in [0.25, 0.3) is 0 Å². The molecule has 3 nitrogen and oxygen atoms in total. The maximum atomic E-state index is 12.4. The standard InChI is InChI=1S/C19H24BrNO2/c1-12-7-13(2)9-16(8-12)14(3)21-11-18(23-19(21)22)15-5-4-6-17(20)10-15/h4-6,10,13-14,16,18H,1,7-9,11H2,2-3H3. The van der Waals surface area contributed by atoms with Crippen LogP contribution in [0.15, 0.2) is 40.9 Å². The lowest BCUT2D eigenvalue weighted by Gasteiger charge is -2.36. The highest BCUT2D eigenvalue weighted by atomic mass is 79.9. The van der Waals surface area contributed by atoms with Crippen molar-refractivity contribution in [3.63, 3.8) is 0 Å². The minimum absolute atomic E-state index is 0.174. The van der Waals surface area contributed by atoms with Gasteiger partial charge in [-0.25, -0.2) is 4.79 Å². The van der Waals surface area contributed by atoms with Gasteiger partial charge < -0.3 is 9.64 Å². The summed E-state index contributed by atoms with van der Waals surface area (Å²) in [4.78, 5) is 14.3. The molecule has 1 heterocycles. The van der Waals surface area contributed by atoms with Crippen molar-refractivity contribution < 1.29 is 9.53 Å². The number of benzene rings is 1. The molecule has 1 saturated heterocycles. The van der Waals surface area contributed by atoms with Gasteiger partial charge in [-0.05, 0) is 55.7 Å². The van der Waals surface area contributed by atoms with Crippen molar-refractivity contribution in [2.24, 2.45) is 11.8 Å². The van der Waals surface area contributed by atoms with Crippen molar-refractivity contribution in [1.82, 2.24) is 4.90 Å². The van der Waals surface area contributed by atoms with E-state index in [1.807, 2.05) is 29.2 Å². The van der Waals surface area contributed by atoms with Crippen LogP contribution in [0.1, 0.15) is 44.8 Å². The Labute approximate surface area is 146 Å². The number of allylic oxidation sites excluding steroid dienone is 1. The zero-order valence-electron chi connectivity index (χ0n) is 13.8. The van der Waals surface area contributed by atoms with E-state index >= 15 is 0 Å². The third-order valence-corrected chi connectivity index (χ3v) is 5.62. The summed E-state index contributed by atoms with van der Waals surface area (Å²) in [5.41, 5.74) is 2.36. The highest BCUT2D eigenvalue weighted by Gasteiger charge is 2.39. The maximum absolute atomic E-state index is 12.4. The highest BCUT2D eigenvalue weighted by Crippen LogP contribution is 2.38. The minimum Gasteiger partial charge on any atom is -0.439 e. The number of carbonyl (C=O) groups excluding carboxylic acids is 1. The SMILES string of the molecule is C=C1CC(C)CC(C(C)N2CC(c3cccc(Br)c3)OC2=O)C1. The third kappa shape index (κ3) is 3.63. The van der Waals surface area contributed by atoms with Crippen LogP contribution in [0.2, 0.25) is 0 Å². The summed E-state index contributed by atoms with van der Waals surface area (Å²) in [6.07, 6.45) is 2.94. The Hall–Kier alpha value is -1.29. The summed E-state index contributed by atoms with van der Waals surface area (Å²) >= 11 is 3.48. The lowest BCUT2D eigenvalue weighted by molar-refractivity contribution is 0.118.